The lowest BCUT2D eigenvalue weighted by molar-refractivity contribution is -0.121. The molecular formula is C20H28N4OS. The maximum atomic E-state index is 12.8. The number of amides is 1. The maximum Gasteiger partial charge on any atom is 0.233 e. The summed E-state index contributed by atoms with van der Waals surface area (Å²) in [6.07, 6.45) is 6.52. The first-order chi connectivity index (χ1) is 12.7. The second kappa shape index (κ2) is 9.21. The van der Waals surface area contributed by atoms with E-state index in [1.54, 1.807) is 0 Å². The molecule has 2 heterocycles. The van der Waals surface area contributed by atoms with E-state index >= 15 is 0 Å². The van der Waals surface area contributed by atoms with E-state index in [0.29, 0.717) is 0 Å². The molecule has 26 heavy (non-hydrogen) atoms. The number of rotatable bonds is 7. The molecule has 1 aliphatic heterocycles. The molecule has 6 heteroatoms. The summed E-state index contributed by atoms with van der Waals surface area (Å²) >= 11 is 1.51. The van der Waals surface area contributed by atoms with E-state index in [0.717, 1.165) is 48.8 Å². The van der Waals surface area contributed by atoms with E-state index in [4.69, 9.17) is 0 Å². The maximum absolute atomic E-state index is 12.8. The third-order valence-electron chi connectivity index (χ3n) is 4.82. The van der Waals surface area contributed by atoms with E-state index in [-0.39, 0.29) is 17.2 Å². The Labute approximate surface area is 160 Å². The Morgan fingerprint density at radius 1 is 1.23 bits per heavy atom. The smallest absolute Gasteiger partial charge is 0.233 e. The minimum atomic E-state index is -0.199. The van der Waals surface area contributed by atoms with Gasteiger partial charge in [-0.1, -0.05) is 61.9 Å². The van der Waals surface area contributed by atoms with Crippen LogP contribution in [0.2, 0.25) is 0 Å². The molecule has 3 rings (SSSR count). The number of aromatic nitrogens is 3. The highest BCUT2D eigenvalue weighted by Crippen LogP contribution is 2.26. The van der Waals surface area contributed by atoms with Crippen molar-refractivity contribution >= 4 is 17.7 Å². The summed E-state index contributed by atoms with van der Waals surface area (Å²) in [5.41, 5.74) is 1.16. The van der Waals surface area contributed by atoms with Gasteiger partial charge in [-0.05, 0) is 31.7 Å². The molecule has 0 fully saturated rings. The zero-order chi connectivity index (χ0) is 18.4. The molecule has 1 amide bonds. The summed E-state index contributed by atoms with van der Waals surface area (Å²) in [7, 11) is 0. The van der Waals surface area contributed by atoms with Gasteiger partial charge in [0.05, 0.1) is 11.3 Å². The molecule has 0 saturated heterocycles. The molecule has 140 valence electrons. The molecule has 0 aliphatic carbocycles. The number of hydrogen-bond acceptors (Lipinski definition) is 4. The van der Waals surface area contributed by atoms with Gasteiger partial charge in [0, 0.05) is 13.0 Å². The fourth-order valence-electron chi connectivity index (χ4n) is 3.34. The summed E-state index contributed by atoms with van der Waals surface area (Å²) in [6, 6.07) is 10.3. The summed E-state index contributed by atoms with van der Waals surface area (Å²) in [4.78, 5) is 12.8. The van der Waals surface area contributed by atoms with Crippen LogP contribution in [0.15, 0.2) is 35.5 Å². The molecule has 5 nitrogen and oxygen atoms in total. The van der Waals surface area contributed by atoms with Crippen molar-refractivity contribution in [3.63, 3.8) is 0 Å². The van der Waals surface area contributed by atoms with E-state index in [1.807, 2.05) is 25.1 Å². The van der Waals surface area contributed by atoms with Gasteiger partial charge < -0.3 is 9.88 Å². The number of aryl methyl sites for hydroxylation is 1. The van der Waals surface area contributed by atoms with Gasteiger partial charge in [-0.3, -0.25) is 4.79 Å². The van der Waals surface area contributed by atoms with Crippen LogP contribution in [0.25, 0.3) is 0 Å². The van der Waals surface area contributed by atoms with Crippen molar-refractivity contribution in [3.05, 3.63) is 41.7 Å². The van der Waals surface area contributed by atoms with Gasteiger partial charge in [0.1, 0.15) is 5.82 Å². The number of carbonyl (C=O) groups is 1. The number of hydrogen-bond donors (Lipinski definition) is 1. The molecule has 0 saturated carbocycles. The molecule has 1 N–H and O–H groups in total. The largest absolute Gasteiger partial charge is 0.348 e. The number of benzene rings is 1. The summed E-state index contributed by atoms with van der Waals surface area (Å²) < 4.78 is 2.20. The summed E-state index contributed by atoms with van der Waals surface area (Å²) in [5.74, 6) is 1.12. The van der Waals surface area contributed by atoms with Gasteiger partial charge in [-0.25, -0.2) is 0 Å². The number of nitrogens with one attached hydrogen (secondary N) is 1. The molecule has 1 aliphatic rings. The van der Waals surface area contributed by atoms with E-state index in [1.165, 1.54) is 24.6 Å². The first-order valence-electron chi connectivity index (χ1n) is 9.63. The van der Waals surface area contributed by atoms with Crippen LogP contribution in [0.3, 0.4) is 0 Å². The molecular weight excluding hydrogens is 344 g/mol. The van der Waals surface area contributed by atoms with Gasteiger partial charge >= 0.3 is 0 Å². The standard InChI is InChI=1S/C20H28N4OS/c1-3-10-17(16-11-6-4-7-12-16)21-19(25)15(2)26-20-23-22-18-13-8-5-9-14-24(18)20/h4,6-7,11-12,15,17H,3,5,8-10,13-14H2,1-2H3,(H,21,25)/t15-,17-/m1/s1. The van der Waals surface area contributed by atoms with Crippen LogP contribution in [-0.2, 0) is 17.8 Å². The zero-order valence-corrected chi connectivity index (χ0v) is 16.5. The number of carbonyl (C=O) groups excluding carboxylic acids is 1. The van der Waals surface area contributed by atoms with Crippen LogP contribution in [0, 0.1) is 0 Å². The number of fused-ring (bicyclic) bond motifs is 1. The van der Waals surface area contributed by atoms with Crippen molar-refractivity contribution in [2.75, 3.05) is 0 Å². The molecule has 2 aromatic rings. The van der Waals surface area contributed by atoms with Crippen LogP contribution in [0.5, 0.6) is 0 Å². The summed E-state index contributed by atoms with van der Waals surface area (Å²) in [6.45, 7) is 5.06. The molecule has 2 atom stereocenters. The minimum absolute atomic E-state index is 0.0586. The van der Waals surface area contributed by atoms with Crippen LogP contribution < -0.4 is 5.32 Å². The minimum Gasteiger partial charge on any atom is -0.348 e. The highest BCUT2D eigenvalue weighted by atomic mass is 32.2. The predicted molar refractivity (Wildman–Crippen MR) is 105 cm³/mol. The molecule has 0 radical (unpaired) electrons. The number of nitrogens with zero attached hydrogens (tertiary/aromatic N) is 3. The SMILES string of the molecule is CCC[C@@H](NC(=O)[C@@H](C)Sc1nnc2n1CCCCC2)c1ccccc1. The van der Waals surface area contributed by atoms with Gasteiger partial charge in [0.15, 0.2) is 5.16 Å². The Morgan fingerprint density at radius 2 is 2.04 bits per heavy atom. The predicted octanol–water partition coefficient (Wildman–Crippen LogP) is 4.14. The van der Waals surface area contributed by atoms with Crippen LogP contribution >= 0.6 is 11.8 Å². The van der Waals surface area contributed by atoms with E-state index in [9.17, 15) is 4.79 Å². The van der Waals surface area contributed by atoms with E-state index in [2.05, 4.69) is 39.1 Å². The Bertz CT molecular complexity index is 716. The lowest BCUT2D eigenvalue weighted by atomic mass is 10.0. The fraction of sp³-hybridized carbons (Fsp3) is 0.550. The van der Waals surface area contributed by atoms with E-state index < -0.39 is 0 Å². The van der Waals surface area contributed by atoms with Crippen molar-refractivity contribution in [1.82, 2.24) is 20.1 Å². The Hall–Kier alpha value is -1.82. The van der Waals surface area contributed by atoms with Crippen LogP contribution in [0.1, 0.15) is 63.4 Å². The molecule has 0 bridgehead atoms. The molecule has 0 unspecified atom stereocenters. The lowest BCUT2D eigenvalue weighted by Gasteiger charge is -2.21. The van der Waals surface area contributed by atoms with Gasteiger partial charge in [0.25, 0.3) is 0 Å². The van der Waals surface area contributed by atoms with Crippen LogP contribution in [-0.4, -0.2) is 25.9 Å². The second-order valence-electron chi connectivity index (χ2n) is 6.88. The van der Waals surface area contributed by atoms with Gasteiger partial charge in [-0.2, -0.15) is 0 Å². The van der Waals surface area contributed by atoms with Crippen molar-refractivity contribution in [3.8, 4) is 0 Å². The van der Waals surface area contributed by atoms with Gasteiger partial charge in [-0.15, -0.1) is 10.2 Å². The average molecular weight is 373 g/mol. The fourth-order valence-corrected chi connectivity index (χ4v) is 4.25. The average Bonchev–Trinajstić information content (AvgIpc) is 2.88. The Morgan fingerprint density at radius 3 is 2.81 bits per heavy atom. The first-order valence-corrected chi connectivity index (χ1v) is 10.5. The highest BCUT2D eigenvalue weighted by molar-refractivity contribution is 8.00. The van der Waals surface area contributed by atoms with Crippen molar-refractivity contribution in [2.24, 2.45) is 0 Å². The van der Waals surface area contributed by atoms with Crippen molar-refractivity contribution in [2.45, 2.75) is 75.4 Å². The Kier molecular flexibility index (Phi) is 6.72. The summed E-state index contributed by atoms with van der Waals surface area (Å²) in [5, 5.41) is 12.6. The first kappa shape index (κ1) is 19.0. The molecule has 1 aromatic heterocycles. The van der Waals surface area contributed by atoms with Crippen molar-refractivity contribution in [1.29, 1.82) is 0 Å². The van der Waals surface area contributed by atoms with Gasteiger partial charge in [0.2, 0.25) is 5.91 Å². The second-order valence-corrected chi connectivity index (χ2v) is 8.19. The quantitative estimate of drug-likeness (QED) is 0.742. The molecule has 0 spiro atoms. The zero-order valence-electron chi connectivity index (χ0n) is 15.6. The lowest BCUT2D eigenvalue weighted by Crippen LogP contribution is -2.34. The monoisotopic (exact) mass is 372 g/mol. The van der Waals surface area contributed by atoms with Crippen LogP contribution in [0.4, 0.5) is 0 Å². The topological polar surface area (TPSA) is 59.8 Å². The Balaban J connectivity index is 1.65. The third kappa shape index (κ3) is 4.67. The third-order valence-corrected chi connectivity index (χ3v) is 5.90. The number of thioether (sulfide) groups is 1. The normalized spacial score (nSPS) is 16.4. The highest BCUT2D eigenvalue weighted by Gasteiger charge is 2.23. The molecule has 1 aromatic carbocycles. The van der Waals surface area contributed by atoms with Crippen molar-refractivity contribution < 1.29 is 4.79 Å².